The molecule has 1 N–H and O–H groups in total. The summed E-state index contributed by atoms with van der Waals surface area (Å²) in [6, 6.07) is 16.1. The SMILES string of the molecule is COc1ccc(CN2CCC3(CCN(CCC(NC(=O)C4CCCC4)c4ccc(OC)cc4)CC3)C2=O)cc1. The maximum atomic E-state index is 13.5. The quantitative estimate of drug-likeness (QED) is 0.468. The number of amides is 2. The molecular formula is C32H43N3O4. The second-order valence-electron chi connectivity index (χ2n) is 11.6. The maximum Gasteiger partial charge on any atom is 0.229 e. The van der Waals surface area contributed by atoms with Crippen molar-refractivity contribution in [2.75, 3.05) is 40.4 Å². The summed E-state index contributed by atoms with van der Waals surface area (Å²) in [4.78, 5) is 31.0. The molecule has 2 amide bonds. The van der Waals surface area contributed by atoms with E-state index in [0.717, 1.165) is 100 Å². The van der Waals surface area contributed by atoms with Gasteiger partial charge < -0.3 is 24.6 Å². The lowest BCUT2D eigenvalue weighted by atomic mass is 9.77. The van der Waals surface area contributed by atoms with E-state index in [1.54, 1.807) is 14.2 Å². The number of ether oxygens (including phenoxy) is 2. The van der Waals surface area contributed by atoms with E-state index in [4.69, 9.17) is 9.47 Å². The average molecular weight is 534 g/mol. The smallest absolute Gasteiger partial charge is 0.229 e. The Hall–Kier alpha value is -3.06. The van der Waals surface area contributed by atoms with Gasteiger partial charge in [-0.05, 0) is 87.0 Å². The highest BCUT2D eigenvalue weighted by Crippen LogP contribution is 2.42. The molecule has 1 aliphatic carbocycles. The van der Waals surface area contributed by atoms with Gasteiger partial charge in [-0.1, -0.05) is 37.1 Å². The molecule has 2 heterocycles. The van der Waals surface area contributed by atoms with Crippen molar-refractivity contribution in [3.63, 3.8) is 0 Å². The van der Waals surface area contributed by atoms with E-state index in [0.29, 0.717) is 12.5 Å². The van der Waals surface area contributed by atoms with E-state index < -0.39 is 0 Å². The molecule has 2 aromatic rings. The number of methoxy groups -OCH3 is 2. The molecule has 5 rings (SSSR count). The molecule has 210 valence electrons. The van der Waals surface area contributed by atoms with Gasteiger partial charge in [-0.3, -0.25) is 9.59 Å². The highest BCUT2D eigenvalue weighted by molar-refractivity contribution is 5.85. The average Bonchev–Trinajstić information content (AvgIpc) is 3.62. The van der Waals surface area contributed by atoms with Crippen LogP contribution in [0.2, 0.25) is 0 Å². The first kappa shape index (κ1) is 27.5. The summed E-state index contributed by atoms with van der Waals surface area (Å²) < 4.78 is 10.6. The van der Waals surface area contributed by atoms with Gasteiger partial charge in [0.2, 0.25) is 11.8 Å². The van der Waals surface area contributed by atoms with Crippen molar-refractivity contribution in [2.24, 2.45) is 11.3 Å². The van der Waals surface area contributed by atoms with E-state index in [9.17, 15) is 9.59 Å². The Morgan fingerprint density at radius 1 is 0.923 bits per heavy atom. The zero-order valence-corrected chi connectivity index (χ0v) is 23.5. The Labute approximate surface area is 232 Å². The van der Waals surface area contributed by atoms with Gasteiger partial charge in [0.1, 0.15) is 11.5 Å². The third kappa shape index (κ3) is 6.40. The number of likely N-dealkylation sites (tertiary alicyclic amines) is 2. The van der Waals surface area contributed by atoms with Gasteiger partial charge in [0.25, 0.3) is 0 Å². The van der Waals surface area contributed by atoms with E-state index in [1.165, 1.54) is 0 Å². The van der Waals surface area contributed by atoms with Crippen LogP contribution in [0.1, 0.15) is 68.5 Å². The fourth-order valence-electron chi connectivity index (χ4n) is 6.61. The summed E-state index contributed by atoms with van der Waals surface area (Å²) in [5.41, 5.74) is 2.05. The van der Waals surface area contributed by atoms with Gasteiger partial charge in [0.15, 0.2) is 0 Å². The van der Waals surface area contributed by atoms with Crippen molar-refractivity contribution >= 4 is 11.8 Å². The molecule has 7 nitrogen and oxygen atoms in total. The molecule has 7 heteroatoms. The predicted octanol–water partition coefficient (Wildman–Crippen LogP) is 4.96. The molecule has 1 saturated carbocycles. The van der Waals surface area contributed by atoms with Crippen LogP contribution in [-0.2, 0) is 16.1 Å². The van der Waals surface area contributed by atoms with Gasteiger partial charge in [-0.15, -0.1) is 0 Å². The lowest BCUT2D eigenvalue weighted by Gasteiger charge is -2.38. The van der Waals surface area contributed by atoms with Crippen molar-refractivity contribution in [1.29, 1.82) is 0 Å². The van der Waals surface area contributed by atoms with E-state index >= 15 is 0 Å². The van der Waals surface area contributed by atoms with Crippen LogP contribution in [0.25, 0.3) is 0 Å². The zero-order chi connectivity index (χ0) is 27.2. The molecule has 1 atom stereocenters. The molecule has 39 heavy (non-hydrogen) atoms. The first-order chi connectivity index (χ1) is 19.0. The van der Waals surface area contributed by atoms with Gasteiger partial charge >= 0.3 is 0 Å². The minimum atomic E-state index is -0.213. The number of hydrogen-bond acceptors (Lipinski definition) is 5. The number of hydrogen-bond donors (Lipinski definition) is 1. The normalized spacial score (nSPS) is 20.4. The third-order valence-electron chi connectivity index (χ3n) is 9.24. The summed E-state index contributed by atoms with van der Waals surface area (Å²) in [6.07, 6.45) is 7.92. The Kier molecular flexibility index (Phi) is 8.75. The molecule has 1 unspecified atom stereocenters. The standard InChI is InChI=1S/C32H43N3O4/c1-38-27-11-7-24(8-12-27)23-35-22-18-32(31(35)37)16-20-34(21-17-32)19-15-29(25-9-13-28(39-2)14-10-25)33-30(36)26-5-3-4-6-26/h7-14,26,29H,3-6,15-23H2,1-2H3,(H,33,36). The third-order valence-corrected chi connectivity index (χ3v) is 9.24. The van der Waals surface area contributed by atoms with Gasteiger partial charge in [0, 0.05) is 25.6 Å². The van der Waals surface area contributed by atoms with E-state index in [1.807, 2.05) is 41.3 Å². The summed E-state index contributed by atoms with van der Waals surface area (Å²) in [7, 11) is 3.34. The fraction of sp³-hybridized carbons (Fsp3) is 0.562. The maximum absolute atomic E-state index is 13.5. The molecular weight excluding hydrogens is 490 g/mol. The van der Waals surface area contributed by atoms with Crippen LogP contribution < -0.4 is 14.8 Å². The minimum Gasteiger partial charge on any atom is -0.497 e. The van der Waals surface area contributed by atoms with Crippen LogP contribution in [0.15, 0.2) is 48.5 Å². The van der Waals surface area contributed by atoms with Crippen LogP contribution >= 0.6 is 0 Å². The first-order valence-corrected chi connectivity index (χ1v) is 14.6. The zero-order valence-electron chi connectivity index (χ0n) is 23.5. The fourth-order valence-corrected chi connectivity index (χ4v) is 6.61. The second-order valence-corrected chi connectivity index (χ2v) is 11.6. The van der Waals surface area contributed by atoms with Crippen LogP contribution in [0.4, 0.5) is 0 Å². The van der Waals surface area contributed by atoms with Crippen molar-refractivity contribution in [1.82, 2.24) is 15.1 Å². The molecule has 3 aliphatic rings. The molecule has 2 aromatic carbocycles. The number of carbonyl (C=O) groups is 2. The monoisotopic (exact) mass is 533 g/mol. The van der Waals surface area contributed by atoms with Gasteiger partial charge in [-0.2, -0.15) is 0 Å². The first-order valence-electron chi connectivity index (χ1n) is 14.6. The van der Waals surface area contributed by atoms with Crippen LogP contribution in [0, 0.1) is 11.3 Å². The topological polar surface area (TPSA) is 71.1 Å². The molecule has 2 aliphatic heterocycles. The molecule has 1 spiro atoms. The summed E-state index contributed by atoms with van der Waals surface area (Å²) in [5, 5.41) is 3.37. The molecule has 3 fully saturated rings. The minimum absolute atomic E-state index is 0.0204. The van der Waals surface area contributed by atoms with Crippen molar-refractivity contribution in [3.8, 4) is 11.5 Å². The number of nitrogens with one attached hydrogen (secondary N) is 1. The predicted molar refractivity (Wildman–Crippen MR) is 152 cm³/mol. The van der Waals surface area contributed by atoms with Gasteiger partial charge in [0.05, 0.1) is 25.7 Å². The largest absolute Gasteiger partial charge is 0.497 e. The number of rotatable bonds is 10. The number of carbonyl (C=O) groups excluding carboxylic acids is 2. The Balaban J connectivity index is 1.15. The summed E-state index contributed by atoms with van der Waals surface area (Å²) in [6.45, 7) is 4.25. The molecule has 0 bridgehead atoms. The molecule has 2 saturated heterocycles. The summed E-state index contributed by atoms with van der Waals surface area (Å²) >= 11 is 0. The Morgan fingerprint density at radius 3 is 2.13 bits per heavy atom. The number of piperidine rings is 1. The Bertz CT molecular complexity index is 1100. The van der Waals surface area contributed by atoms with Crippen LogP contribution in [0.3, 0.4) is 0 Å². The van der Waals surface area contributed by atoms with Crippen molar-refractivity contribution in [3.05, 3.63) is 59.7 Å². The Morgan fingerprint density at radius 2 is 1.51 bits per heavy atom. The van der Waals surface area contributed by atoms with Crippen molar-refractivity contribution < 1.29 is 19.1 Å². The molecule has 0 aromatic heterocycles. The van der Waals surface area contributed by atoms with E-state index in [2.05, 4.69) is 22.3 Å². The lowest BCUT2D eigenvalue weighted by molar-refractivity contribution is -0.139. The number of benzene rings is 2. The van der Waals surface area contributed by atoms with Crippen LogP contribution in [0.5, 0.6) is 11.5 Å². The highest BCUT2D eigenvalue weighted by atomic mass is 16.5. The molecule has 0 radical (unpaired) electrons. The van der Waals surface area contributed by atoms with Crippen molar-refractivity contribution in [2.45, 2.75) is 64.0 Å². The highest BCUT2D eigenvalue weighted by Gasteiger charge is 2.47. The van der Waals surface area contributed by atoms with Gasteiger partial charge in [-0.25, -0.2) is 0 Å². The van der Waals surface area contributed by atoms with Crippen LogP contribution in [-0.4, -0.2) is 62.0 Å². The number of nitrogens with zero attached hydrogens (tertiary/aromatic N) is 2. The van der Waals surface area contributed by atoms with E-state index in [-0.39, 0.29) is 23.3 Å². The second kappa shape index (κ2) is 12.4. The summed E-state index contributed by atoms with van der Waals surface area (Å²) in [5.74, 6) is 2.32. The lowest BCUT2D eigenvalue weighted by Crippen LogP contribution is -2.45.